The molecule has 1 aliphatic rings. The number of rotatable bonds is 5. The van der Waals surface area contributed by atoms with Gasteiger partial charge in [0.1, 0.15) is 11.4 Å². The summed E-state index contributed by atoms with van der Waals surface area (Å²) in [5.74, 6) is -6.83. The smallest absolute Gasteiger partial charge is 0.490 e. The van der Waals surface area contributed by atoms with Crippen molar-refractivity contribution >= 4 is 11.9 Å². The summed E-state index contributed by atoms with van der Waals surface area (Å²) in [4.78, 5) is 19.9. The van der Waals surface area contributed by atoms with Crippen LogP contribution in [0.15, 0.2) is 18.3 Å². The molecule has 1 aliphatic heterocycles. The molecule has 40 heavy (non-hydrogen) atoms. The summed E-state index contributed by atoms with van der Waals surface area (Å²) in [6.45, 7) is 5.61. The van der Waals surface area contributed by atoms with E-state index in [4.69, 9.17) is 30.3 Å². The molecular formula is C22H27F8N5O5. The normalized spacial score (nSPS) is 14.9. The number of nitrogens with zero attached hydrogens (tertiary/aromatic N) is 4. The van der Waals surface area contributed by atoms with Crippen molar-refractivity contribution in [2.24, 2.45) is 5.73 Å². The first-order valence-corrected chi connectivity index (χ1v) is 11.2. The van der Waals surface area contributed by atoms with Crippen molar-refractivity contribution in [2.45, 2.75) is 57.2 Å². The van der Waals surface area contributed by atoms with Crippen molar-refractivity contribution < 1.29 is 59.7 Å². The molecule has 0 saturated carbocycles. The van der Waals surface area contributed by atoms with Crippen LogP contribution in [-0.4, -0.2) is 74.6 Å². The summed E-state index contributed by atoms with van der Waals surface area (Å²) in [5, 5.41) is 22.6. The molecule has 2 heterocycles. The minimum Gasteiger partial charge on any atom is -0.496 e. The van der Waals surface area contributed by atoms with Gasteiger partial charge in [-0.15, -0.1) is 5.10 Å². The lowest BCUT2D eigenvalue weighted by Gasteiger charge is -2.32. The molecule has 1 fully saturated rings. The van der Waals surface area contributed by atoms with Crippen LogP contribution >= 0.6 is 0 Å². The van der Waals surface area contributed by atoms with Crippen LogP contribution in [0.1, 0.15) is 44.0 Å². The zero-order valence-corrected chi connectivity index (χ0v) is 21.4. The lowest BCUT2D eigenvalue weighted by Crippen LogP contribution is -2.35. The number of carboxylic acid groups (broad SMARTS) is 2. The average molecular weight is 593 g/mol. The number of piperidine rings is 1. The average Bonchev–Trinajstić information content (AvgIpc) is 3.33. The van der Waals surface area contributed by atoms with Crippen molar-refractivity contribution in [1.82, 2.24) is 19.9 Å². The maximum Gasteiger partial charge on any atom is 0.490 e. The Morgan fingerprint density at radius 3 is 1.88 bits per heavy atom. The van der Waals surface area contributed by atoms with E-state index in [1.165, 1.54) is 13.2 Å². The number of carbonyl (C=O) groups is 2. The molecule has 226 valence electrons. The van der Waals surface area contributed by atoms with Gasteiger partial charge >= 0.3 is 24.3 Å². The lowest BCUT2D eigenvalue weighted by molar-refractivity contribution is -0.193. The van der Waals surface area contributed by atoms with Crippen LogP contribution in [0.25, 0.3) is 0 Å². The fourth-order valence-corrected chi connectivity index (χ4v) is 3.23. The third-order valence-corrected chi connectivity index (χ3v) is 5.34. The molecule has 0 spiro atoms. The van der Waals surface area contributed by atoms with Crippen LogP contribution in [0.2, 0.25) is 0 Å². The van der Waals surface area contributed by atoms with E-state index in [1.54, 1.807) is 0 Å². The molecule has 3 rings (SSSR count). The van der Waals surface area contributed by atoms with Crippen LogP contribution in [0, 0.1) is 11.6 Å². The Kier molecular flexibility index (Phi) is 11.8. The molecule has 10 nitrogen and oxygen atoms in total. The predicted octanol–water partition coefficient (Wildman–Crippen LogP) is 3.86. The van der Waals surface area contributed by atoms with Gasteiger partial charge in [-0.2, -0.15) is 26.3 Å². The Morgan fingerprint density at radius 1 is 1.02 bits per heavy atom. The van der Waals surface area contributed by atoms with Crippen molar-refractivity contribution in [3.05, 3.63) is 41.2 Å². The van der Waals surface area contributed by atoms with Gasteiger partial charge in [0.2, 0.25) is 0 Å². The van der Waals surface area contributed by atoms with Gasteiger partial charge < -0.3 is 20.7 Å². The molecule has 4 N–H and O–H groups in total. The van der Waals surface area contributed by atoms with Crippen LogP contribution in [0.3, 0.4) is 0 Å². The van der Waals surface area contributed by atoms with E-state index in [1.807, 2.05) is 24.7 Å². The number of hydrogen-bond donors (Lipinski definition) is 3. The van der Waals surface area contributed by atoms with Crippen molar-refractivity contribution in [2.75, 3.05) is 20.2 Å². The van der Waals surface area contributed by atoms with Crippen LogP contribution in [0.5, 0.6) is 5.75 Å². The Balaban J connectivity index is 0.000000473. The number of nitrogens with two attached hydrogens (primary N) is 1. The van der Waals surface area contributed by atoms with Gasteiger partial charge in [-0.05, 0) is 38.8 Å². The Hall–Kier alpha value is -3.54. The number of carboxylic acids is 2. The minimum absolute atomic E-state index is 0.231. The standard InChI is InChI=1S/C18H25F2N5O.2C2HF3O2/c1-18(2,21)16-11-25(23-22-16)12-6-8-24(9-7-12)10-13-15(26-3)5-4-14(19)17(13)20;2*3-2(4,5)1(6)7/h4-5,11-12H,6-10,21H2,1-3H3;2*(H,6,7). The van der Waals surface area contributed by atoms with Crippen LogP contribution in [0.4, 0.5) is 35.1 Å². The largest absolute Gasteiger partial charge is 0.496 e. The number of alkyl halides is 6. The summed E-state index contributed by atoms with van der Waals surface area (Å²) < 4.78 is 98.2. The molecule has 0 amide bonds. The fourth-order valence-electron chi connectivity index (χ4n) is 3.23. The Labute approximate surface area is 222 Å². The maximum atomic E-state index is 14.1. The third kappa shape index (κ3) is 10.6. The van der Waals surface area contributed by atoms with Crippen LogP contribution in [-0.2, 0) is 21.7 Å². The second-order valence-corrected chi connectivity index (χ2v) is 8.96. The molecular weight excluding hydrogens is 566 g/mol. The van der Waals surface area contributed by atoms with E-state index >= 15 is 0 Å². The van der Waals surface area contributed by atoms with Gasteiger partial charge in [0, 0.05) is 25.2 Å². The highest BCUT2D eigenvalue weighted by Crippen LogP contribution is 2.29. The first kappa shape index (κ1) is 34.5. The molecule has 1 saturated heterocycles. The van der Waals surface area contributed by atoms with Crippen molar-refractivity contribution in [1.29, 1.82) is 0 Å². The highest BCUT2D eigenvalue weighted by molar-refractivity contribution is 5.73. The third-order valence-electron chi connectivity index (χ3n) is 5.34. The number of benzene rings is 1. The molecule has 1 aromatic carbocycles. The zero-order valence-electron chi connectivity index (χ0n) is 21.4. The van der Waals surface area contributed by atoms with Crippen LogP contribution < -0.4 is 10.5 Å². The number of ether oxygens (including phenoxy) is 1. The molecule has 2 aromatic rings. The van der Waals surface area contributed by atoms with E-state index in [0.717, 1.165) is 37.7 Å². The summed E-state index contributed by atoms with van der Waals surface area (Å²) in [6, 6.07) is 2.78. The first-order chi connectivity index (χ1) is 18.2. The van der Waals surface area contributed by atoms with Gasteiger partial charge in [0.25, 0.3) is 0 Å². The van der Waals surface area contributed by atoms with Gasteiger partial charge in [0.05, 0.1) is 24.9 Å². The molecule has 1 aromatic heterocycles. The number of aliphatic carboxylic acids is 2. The number of aromatic nitrogens is 3. The Morgan fingerprint density at radius 2 is 1.50 bits per heavy atom. The van der Waals surface area contributed by atoms with Gasteiger partial charge in [-0.3, -0.25) is 4.90 Å². The van der Waals surface area contributed by atoms with E-state index in [2.05, 4.69) is 15.2 Å². The van der Waals surface area contributed by atoms with E-state index in [9.17, 15) is 35.1 Å². The molecule has 0 atom stereocenters. The quantitative estimate of drug-likeness (QED) is 0.441. The number of halogens is 8. The van der Waals surface area contributed by atoms with E-state index < -0.39 is 41.5 Å². The summed E-state index contributed by atoms with van der Waals surface area (Å²) >= 11 is 0. The SMILES string of the molecule is COc1ccc(F)c(F)c1CN1CCC(n2cc(C(C)(C)N)nn2)CC1.O=C(O)C(F)(F)F.O=C(O)C(F)(F)F. The second-order valence-electron chi connectivity index (χ2n) is 8.96. The second kappa shape index (κ2) is 13.7. The van der Waals surface area contributed by atoms with E-state index in [0.29, 0.717) is 12.3 Å². The maximum absolute atomic E-state index is 14.1. The zero-order chi connectivity index (χ0) is 31.1. The number of likely N-dealkylation sites (tertiary alicyclic amines) is 1. The minimum atomic E-state index is -5.08. The summed E-state index contributed by atoms with van der Waals surface area (Å²) in [6.07, 6.45) is -6.56. The van der Waals surface area contributed by atoms with E-state index in [-0.39, 0.29) is 11.6 Å². The Bertz CT molecular complexity index is 1120. The molecule has 18 heteroatoms. The topological polar surface area (TPSA) is 144 Å². The fraction of sp³-hybridized carbons (Fsp3) is 0.545. The molecule has 0 aliphatic carbocycles. The summed E-state index contributed by atoms with van der Waals surface area (Å²) in [7, 11) is 1.46. The van der Waals surface area contributed by atoms with Crippen molar-refractivity contribution in [3.8, 4) is 5.75 Å². The lowest BCUT2D eigenvalue weighted by atomic mass is 10.0. The van der Waals surface area contributed by atoms with Gasteiger partial charge in [-0.1, -0.05) is 5.21 Å². The van der Waals surface area contributed by atoms with Gasteiger partial charge in [0.15, 0.2) is 11.6 Å². The number of methoxy groups -OCH3 is 1. The van der Waals surface area contributed by atoms with Crippen molar-refractivity contribution in [3.63, 3.8) is 0 Å². The molecule has 0 bridgehead atoms. The first-order valence-electron chi connectivity index (χ1n) is 11.2. The highest BCUT2D eigenvalue weighted by Gasteiger charge is 2.39. The predicted molar refractivity (Wildman–Crippen MR) is 121 cm³/mol. The molecule has 0 unspecified atom stereocenters. The monoisotopic (exact) mass is 593 g/mol. The van der Waals surface area contributed by atoms with Gasteiger partial charge in [-0.25, -0.2) is 23.1 Å². The molecule has 0 radical (unpaired) electrons. The highest BCUT2D eigenvalue weighted by atomic mass is 19.4. The number of hydrogen-bond acceptors (Lipinski definition) is 7. The summed E-state index contributed by atoms with van der Waals surface area (Å²) in [5.41, 5.74) is 6.55.